The van der Waals surface area contributed by atoms with Crippen LogP contribution in [0.5, 0.6) is 0 Å². The fourth-order valence-electron chi connectivity index (χ4n) is 2.64. The Bertz CT molecular complexity index is 941. The second-order valence-electron chi connectivity index (χ2n) is 6.58. The SMILES string of the molecule is COC(=O)c1cccc(CN(COC(=O)c2cccc(CNC(C)=O)c2)C(C)=O)c1. The summed E-state index contributed by atoms with van der Waals surface area (Å²) < 4.78 is 9.99. The highest BCUT2D eigenvalue weighted by Crippen LogP contribution is 2.12. The smallest absolute Gasteiger partial charge is 0.339 e. The van der Waals surface area contributed by atoms with E-state index >= 15 is 0 Å². The van der Waals surface area contributed by atoms with Crippen molar-refractivity contribution in [2.75, 3.05) is 13.8 Å². The van der Waals surface area contributed by atoms with Crippen molar-refractivity contribution in [3.05, 3.63) is 70.8 Å². The molecule has 2 aromatic carbocycles. The van der Waals surface area contributed by atoms with Crippen LogP contribution in [-0.2, 0) is 32.2 Å². The van der Waals surface area contributed by atoms with E-state index in [1.807, 2.05) is 0 Å². The van der Waals surface area contributed by atoms with E-state index in [0.29, 0.717) is 23.2 Å². The lowest BCUT2D eigenvalue weighted by Gasteiger charge is -2.21. The molecule has 0 heterocycles. The van der Waals surface area contributed by atoms with Gasteiger partial charge in [0.2, 0.25) is 11.8 Å². The molecule has 0 atom stereocenters. The molecule has 0 aliphatic rings. The summed E-state index contributed by atoms with van der Waals surface area (Å²) in [6.07, 6.45) is 0. The monoisotopic (exact) mass is 412 g/mol. The largest absolute Gasteiger partial charge is 0.465 e. The molecule has 2 amide bonds. The first-order valence-corrected chi connectivity index (χ1v) is 9.23. The number of nitrogens with zero attached hydrogens (tertiary/aromatic N) is 1. The predicted molar refractivity (Wildman–Crippen MR) is 108 cm³/mol. The average molecular weight is 412 g/mol. The van der Waals surface area contributed by atoms with Crippen molar-refractivity contribution >= 4 is 23.8 Å². The van der Waals surface area contributed by atoms with E-state index < -0.39 is 11.9 Å². The summed E-state index contributed by atoms with van der Waals surface area (Å²) in [6.45, 7) is 3.00. The van der Waals surface area contributed by atoms with E-state index in [0.717, 1.165) is 5.56 Å². The second-order valence-corrected chi connectivity index (χ2v) is 6.58. The van der Waals surface area contributed by atoms with Gasteiger partial charge in [-0.25, -0.2) is 9.59 Å². The zero-order valence-electron chi connectivity index (χ0n) is 17.1. The molecule has 0 aliphatic heterocycles. The van der Waals surface area contributed by atoms with Crippen LogP contribution in [0.15, 0.2) is 48.5 Å². The summed E-state index contributed by atoms with van der Waals surface area (Å²) in [5.41, 5.74) is 2.13. The van der Waals surface area contributed by atoms with Crippen molar-refractivity contribution in [1.82, 2.24) is 10.2 Å². The third kappa shape index (κ3) is 6.73. The number of rotatable bonds is 8. The van der Waals surface area contributed by atoms with Crippen LogP contribution in [0.2, 0.25) is 0 Å². The molecule has 0 fully saturated rings. The van der Waals surface area contributed by atoms with Gasteiger partial charge in [-0.3, -0.25) is 9.59 Å². The van der Waals surface area contributed by atoms with Crippen molar-refractivity contribution in [3.8, 4) is 0 Å². The van der Waals surface area contributed by atoms with Gasteiger partial charge < -0.3 is 19.7 Å². The van der Waals surface area contributed by atoms with Gasteiger partial charge in [-0.05, 0) is 35.4 Å². The Kier molecular flexibility index (Phi) is 8.10. The summed E-state index contributed by atoms with van der Waals surface area (Å²) in [5, 5.41) is 2.66. The molecular formula is C22H24N2O6. The molecule has 0 radical (unpaired) electrons. The summed E-state index contributed by atoms with van der Waals surface area (Å²) in [4.78, 5) is 48.4. The van der Waals surface area contributed by atoms with Crippen molar-refractivity contribution < 1.29 is 28.7 Å². The summed E-state index contributed by atoms with van der Waals surface area (Å²) in [6, 6.07) is 13.4. The highest BCUT2D eigenvalue weighted by molar-refractivity contribution is 5.90. The summed E-state index contributed by atoms with van der Waals surface area (Å²) >= 11 is 0. The number of nitrogens with one attached hydrogen (secondary N) is 1. The topological polar surface area (TPSA) is 102 Å². The predicted octanol–water partition coefficient (Wildman–Crippen LogP) is 2.27. The normalized spacial score (nSPS) is 10.1. The van der Waals surface area contributed by atoms with Crippen molar-refractivity contribution in [2.24, 2.45) is 0 Å². The lowest BCUT2D eigenvalue weighted by atomic mass is 10.1. The van der Waals surface area contributed by atoms with Crippen molar-refractivity contribution in [2.45, 2.75) is 26.9 Å². The maximum absolute atomic E-state index is 12.4. The minimum Gasteiger partial charge on any atom is -0.465 e. The molecule has 30 heavy (non-hydrogen) atoms. The molecule has 0 spiro atoms. The molecule has 0 unspecified atom stereocenters. The van der Waals surface area contributed by atoms with Crippen LogP contribution in [-0.4, -0.2) is 42.5 Å². The maximum Gasteiger partial charge on any atom is 0.339 e. The first-order valence-electron chi connectivity index (χ1n) is 9.23. The Morgan fingerprint density at radius 2 is 1.50 bits per heavy atom. The summed E-state index contributed by atoms with van der Waals surface area (Å²) in [5.74, 6) is -1.52. The standard InChI is InChI=1S/C22H24N2O6/c1-15(25)23-12-17-6-4-9-20(10-17)22(28)30-14-24(16(2)26)13-18-7-5-8-19(11-18)21(27)29-3/h4-11H,12-14H2,1-3H3,(H,23,25). The van der Waals surface area contributed by atoms with Crippen LogP contribution >= 0.6 is 0 Å². The minimum atomic E-state index is -0.589. The molecule has 0 bridgehead atoms. The van der Waals surface area contributed by atoms with E-state index in [1.165, 1.54) is 25.9 Å². The number of benzene rings is 2. The Morgan fingerprint density at radius 1 is 0.900 bits per heavy atom. The van der Waals surface area contributed by atoms with E-state index in [1.54, 1.807) is 48.5 Å². The van der Waals surface area contributed by atoms with Crippen molar-refractivity contribution in [1.29, 1.82) is 0 Å². The van der Waals surface area contributed by atoms with Gasteiger partial charge in [0, 0.05) is 26.9 Å². The van der Waals surface area contributed by atoms with Gasteiger partial charge in [0.15, 0.2) is 6.73 Å². The molecule has 0 saturated carbocycles. The van der Waals surface area contributed by atoms with E-state index in [2.05, 4.69) is 5.32 Å². The average Bonchev–Trinajstić information content (AvgIpc) is 2.74. The number of esters is 2. The highest BCUT2D eigenvalue weighted by atomic mass is 16.5. The second kappa shape index (κ2) is 10.8. The van der Waals surface area contributed by atoms with Gasteiger partial charge in [0.05, 0.1) is 18.2 Å². The zero-order valence-corrected chi connectivity index (χ0v) is 17.1. The molecule has 2 aromatic rings. The van der Waals surface area contributed by atoms with Crippen LogP contribution in [0, 0.1) is 0 Å². The Labute approximate surface area is 174 Å². The van der Waals surface area contributed by atoms with E-state index in [9.17, 15) is 19.2 Å². The van der Waals surface area contributed by atoms with Gasteiger partial charge in [-0.1, -0.05) is 24.3 Å². The Hall–Kier alpha value is -3.68. The quantitative estimate of drug-likeness (QED) is 0.527. The molecule has 158 valence electrons. The molecular weight excluding hydrogens is 388 g/mol. The van der Waals surface area contributed by atoms with Crippen LogP contribution in [0.1, 0.15) is 45.7 Å². The van der Waals surface area contributed by atoms with Crippen LogP contribution in [0.4, 0.5) is 0 Å². The number of carbonyl (C=O) groups is 4. The first-order chi connectivity index (χ1) is 14.3. The van der Waals surface area contributed by atoms with E-state index in [-0.39, 0.29) is 25.1 Å². The lowest BCUT2D eigenvalue weighted by molar-refractivity contribution is -0.133. The van der Waals surface area contributed by atoms with Gasteiger partial charge in [-0.2, -0.15) is 0 Å². The molecule has 8 nitrogen and oxygen atoms in total. The maximum atomic E-state index is 12.4. The van der Waals surface area contributed by atoms with Crippen LogP contribution in [0.3, 0.4) is 0 Å². The lowest BCUT2D eigenvalue weighted by Crippen LogP contribution is -2.32. The number of hydrogen-bond donors (Lipinski definition) is 1. The number of hydrogen-bond acceptors (Lipinski definition) is 6. The molecule has 0 saturated heterocycles. The number of amides is 2. The summed E-state index contributed by atoms with van der Waals surface area (Å²) in [7, 11) is 1.29. The third-order valence-electron chi connectivity index (χ3n) is 4.22. The molecule has 8 heteroatoms. The van der Waals surface area contributed by atoms with Crippen molar-refractivity contribution in [3.63, 3.8) is 0 Å². The molecule has 0 aromatic heterocycles. The zero-order chi connectivity index (χ0) is 22.1. The van der Waals surface area contributed by atoms with Gasteiger partial charge in [0.1, 0.15) is 0 Å². The van der Waals surface area contributed by atoms with Crippen LogP contribution in [0.25, 0.3) is 0 Å². The first kappa shape index (κ1) is 22.6. The molecule has 2 rings (SSSR count). The van der Waals surface area contributed by atoms with Crippen LogP contribution < -0.4 is 5.32 Å². The number of ether oxygens (including phenoxy) is 2. The van der Waals surface area contributed by atoms with Gasteiger partial charge in [0.25, 0.3) is 0 Å². The fourth-order valence-corrected chi connectivity index (χ4v) is 2.64. The van der Waals surface area contributed by atoms with Gasteiger partial charge in [-0.15, -0.1) is 0 Å². The molecule has 1 N–H and O–H groups in total. The highest BCUT2D eigenvalue weighted by Gasteiger charge is 2.15. The number of methoxy groups -OCH3 is 1. The third-order valence-corrected chi connectivity index (χ3v) is 4.22. The molecule has 0 aliphatic carbocycles. The fraction of sp³-hybridized carbons (Fsp3) is 0.273. The van der Waals surface area contributed by atoms with E-state index in [4.69, 9.17) is 9.47 Å². The Morgan fingerprint density at radius 3 is 2.10 bits per heavy atom. The minimum absolute atomic E-state index is 0.163. The van der Waals surface area contributed by atoms with Gasteiger partial charge >= 0.3 is 11.9 Å². The number of carbonyl (C=O) groups excluding carboxylic acids is 4. The Balaban J connectivity index is 2.02.